The fourth-order valence-corrected chi connectivity index (χ4v) is 2.80. The van der Waals surface area contributed by atoms with Crippen LogP contribution in [0.5, 0.6) is 11.5 Å². The molecule has 0 radical (unpaired) electrons. The Morgan fingerprint density at radius 3 is 2.32 bits per heavy atom. The molecule has 1 aliphatic rings. The van der Waals surface area contributed by atoms with Crippen LogP contribution in [0.15, 0.2) is 54.1 Å². The Labute approximate surface area is 144 Å². The summed E-state index contributed by atoms with van der Waals surface area (Å²) in [5.41, 5.74) is 1.09. The molecular weight excluding hydrogens is 322 g/mol. The molecule has 1 fully saturated rings. The maximum absolute atomic E-state index is 12.3. The van der Waals surface area contributed by atoms with Gasteiger partial charge >= 0.3 is 0 Å². The number of hydrogen-bond acceptors (Lipinski definition) is 5. The van der Waals surface area contributed by atoms with Gasteiger partial charge in [-0.3, -0.25) is 9.59 Å². The number of methoxy groups -OCH3 is 2. The van der Waals surface area contributed by atoms with E-state index in [1.165, 1.54) is 14.2 Å². The lowest BCUT2D eigenvalue weighted by atomic mass is 9.95. The highest BCUT2D eigenvalue weighted by molar-refractivity contribution is 6.46. The van der Waals surface area contributed by atoms with Crippen LogP contribution in [0.3, 0.4) is 0 Å². The molecule has 0 aromatic heterocycles. The fourth-order valence-electron chi connectivity index (χ4n) is 2.80. The first-order valence-electron chi connectivity index (χ1n) is 7.62. The molecule has 1 amide bonds. The van der Waals surface area contributed by atoms with Gasteiger partial charge < -0.3 is 19.9 Å². The quantitative estimate of drug-likeness (QED) is 0.508. The number of Topliss-reactive ketones (excluding diaryl/α,β-unsaturated/α-hetero) is 1. The molecule has 1 aliphatic heterocycles. The minimum Gasteiger partial charge on any atom is -0.507 e. The standard InChI is InChI=1S/C19H17NO5/c1-24-13-9-8-12(10-14(13)25-2)16-15(18(22)19(23)20-16)17(21)11-6-4-3-5-7-11/h3-10,16,21H,1-2H3,(H,20,23)/b17-15+. The summed E-state index contributed by atoms with van der Waals surface area (Å²) in [6.45, 7) is 0. The zero-order chi connectivity index (χ0) is 18.0. The van der Waals surface area contributed by atoms with Crippen LogP contribution in [0.2, 0.25) is 0 Å². The van der Waals surface area contributed by atoms with Crippen molar-refractivity contribution in [1.29, 1.82) is 0 Å². The van der Waals surface area contributed by atoms with E-state index in [-0.39, 0.29) is 11.3 Å². The first kappa shape index (κ1) is 16.6. The SMILES string of the molecule is COc1ccc(C2NC(=O)C(=O)/C2=C(/O)c2ccccc2)cc1OC. The number of benzene rings is 2. The predicted octanol–water partition coefficient (Wildman–Crippen LogP) is 2.41. The first-order chi connectivity index (χ1) is 12.1. The van der Waals surface area contributed by atoms with Gasteiger partial charge in [0.15, 0.2) is 11.5 Å². The summed E-state index contributed by atoms with van der Waals surface area (Å²) in [4.78, 5) is 24.2. The lowest BCUT2D eigenvalue weighted by Crippen LogP contribution is -2.21. The molecule has 2 aromatic carbocycles. The lowest BCUT2D eigenvalue weighted by Gasteiger charge is -2.16. The van der Waals surface area contributed by atoms with E-state index in [9.17, 15) is 14.7 Å². The normalized spacial score (nSPS) is 18.7. The van der Waals surface area contributed by atoms with Gasteiger partial charge in [0.05, 0.1) is 25.8 Å². The molecule has 1 atom stereocenters. The number of aliphatic hydroxyl groups is 1. The second kappa shape index (κ2) is 6.68. The zero-order valence-electron chi connectivity index (χ0n) is 13.8. The third kappa shape index (κ3) is 2.94. The van der Waals surface area contributed by atoms with Crippen LogP contribution in [0, 0.1) is 0 Å². The van der Waals surface area contributed by atoms with Crippen molar-refractivity contribution in [2.45, 2.75) is 6.04 Å². The van der Waals surface area contributed by atoms with Crippen molar-refractivity contribution >= 4 is 17.4 Å². The highest BCUT2D eigenvalue weighted by Gasteiger charge is 2.39. The van der Waals surface area contributed by atoms with Crippen molar-refractivity contribution in [3.63, 3.8) is 0 Å². The van der Waals surface area contributed by atoms with Crippen LogP contribution < -0.4 is 14.8 Å². The molecule has 0 saturated carbocycles. The van der Waals surface area contributed by atoms with E-state index in [2.05, 4.69) is 5.32 Å². The smallest absolute Gasteiger partial charge is 0.293 e. The average Bonchev–Trinajstić information content (AvgIpc) is 2.96. The van der Waals surface area contributed by atoms with Crippen LogP contribution in [-0.2, 0) is 9.59 Å². The van der Waals surface area contributed by atoms with Gasteiger partial charge in [0.25, 0.3) is 11.7 Å². The van der Waals surface area contributed by atoms with E-state index >= 15 is 0 Å². The minimum atomic E-state index is -0.764. The van der Waals surface area contributed by atoms with E-state index in [1.807, 2.05) is 0 Å². The van der Waals surface area contributed by atoms with Crippen LogP contribution in [-0.4, -0.2) is 31.0 Å². The van der Waals surface area contributed by atoms with Gasteiger partial charge in [0.2, 0.25) is 0 Å². The second-order valence-corrected chi connectivity index (χ2v) is 5.48. The van der Waals surface area contributed by atoms with E-state index in [1.54, 1.807) is 48.5 Å². The molecule has 1 heterocycles. The van der Waals surface area contributed by atoms with Crippen molar-refractivity contribution in [2.24, 2.45) is 0 Å². The number of ether oxygens (including phenoxy) is 2. The summed E-state index contributed by atoms with van der Waals surface area (Å²) in [6, 6.07) is 12.9. The predicted molar refractivity (Wildman–Crippen MR) is 91.4 cm³/mol. The Morgan fingerprint density at radius 1 is 1.00 bits per heavy atom. The molecule has 0 spiro atoms. The highest BCUT2D eigenvalue weighted by Crippen LogP contribution is 2.36. The molecule has 0 bridgehead atoms. The highest BCUT2D eigenvalue weighted by atomic mass is 16.5. The topological polar surface area (TPSA) is 84.9 Å². The molecule has 6 heteroatoms. The van der Waals surface area contributed by atoms with Gasteiger partial charge in [0.1, 0.15) is 5.76 Å². The van der Waals surface area contributed by atoms with Gasteiger partial charge in [-0.15, -0.1) is 0 Å². The zero-order valence-corrected chi connectivity index (χ0v) is 13.8. The van der Waals surface area contributed by atoms with Crippen molar-refractivity contribution in [3.05, 3.63) is 65.2 Å². The van der Waals surface area contributed by atoms with Gasteiger partial charge in [0, 0.05) is 5.56 Å². The molecule has 128 valence electrons. The van der Waals surface area contributed by atoms with Crippen molar-refractivity contribution in [1.82, 2.24) is 5.32 Å². The number of ketones is 1. The fraction of sp³-hybridized carbons (Fsp3) is 0.158. The van der Waals surface area contributed by atoms with E-state index in [0.29, 0.717) is 22.6 Å². The Balaban J connectivity index is 2.11. The Hall–Kier alpha value is -3.28. The van der Waals surface area contributed by atoms with Crippen LogP contribution >= 0.6 is 0 Å². The van der Waals surface area contributed by atoms with E-state index in [4.69, 9.17) is 9.47 Å². The van der Waals surface area contributed by atoms with Crippen LogP contribution in [0.4, 0.5) is 0 Å². The number of amides is 1. The van der Waals surface area contributed by atoms with Crippen molar-refractivity contribution < 1.29 is 24.2 Å². The van der Waals surface area contributed by atoms with Crippen LogP contribution in [0.1, 0.15) is 17.2 Å². The number of aliphatic hydroxyl groups excluding tert-OH is 1. The Kier molecular flexibility index (Phi) is 4.43. The molecule has 1 unspecified atom stereocenters. The van der Waals surface area contributed by atoms with Gasteiger partial charge in [-0.1, -0.05) is 36.4 Å². The van der Waals surface area contributed by atoms with Crippen LogP contribution in [0.25, 0.3) is 5.76 Å². The molecule has 25 heavy (non-hydrogen) atoms. The minimum absolute atomic E-state index is 0.0171. The molecule has 2 N–H and O–H groups in total. The van der Waals surface area contributed by atoms with Crippen molar-refractivity contribution in [3.8, 4) is 11.5 Å². The molecule has 3 rings (SSSR count). The number of carbonyl (C=O) groups excluding carboxylic acids is 2. The van der Waals surface area contributed by atoms with Gasteiger partial charge in [-0.25, -0.2) is 0 Å². The van der Waals surface area contributed by atoms with Gasteiger partial charge in [-0.05, 0) is 17.7 Å². The first-order valence-corrected chi connectivity index (χ1v) is 7.62. The van der Waals surface area contributed by atoms with E-state index < -0.39 is 17.7 Å². The summed E-state index contributed by atoms with van der Waals surface area (Å²) >= 11 is 0. The molecule has 2 aromatic rings. The summed E-state index contributed by atoms with van der Waals surface area (Å²) in [7, 11) is 3.02. The maximum Gasteiger partial charge on any atom is 0.293 e. The summed E-state index contributed by atoms with van der Waals surface area (Å²) < 4.78 is 10.5. The molecule has 1 saturated heterocycles. The summed E-state index contributed by atoms with van der Waals surface area (Å²) in [5, 5.41) is 13.2. The average molecular weight is 339 g/mol. The molecule has 6 nitrogen and oxygen atoms in total. The third-order valence-electron chi connectivity index (χ3n) is 4.06. The largest absolute Gasteiger partial charge is 0.507 e. The molecular formula is C19H17NO5. The summed E-state index contributed by atoms with van der Waals surface area (Å²) in [6.07, 6.45) is 0. The number of rotatable bonds is 4. The molecule has 0 aliphatic carbocycles. The lowest BCUT2D eigenvalue weighted by molar-refractivity contribution is -0.133. The Bertz CT molecular complexity index is 857. The maximum atomic E-state index is 12.3. The van der Waals surface area contributed by atoms with Gasteiger partial charge in [-0.2, -0.15) is 0 Å². The number of nitrogens with one attached hydrogen (secondary N) is 1. The van der Waals surface area contributed by atoms with E-state index in [0.717, 1.165) is 0 Å². The number of hydrogen-bond donors (Lipinski definition) is 2. The Morgan fingerprint density at radius 2 is 1.68 bits per heavy atom. The summed E-state index contributed by atoms with van der Waals surface area (Å²) in [5.74, 6) is -0.728. The monoisotopic (exact) mass is 339 g/mol. The number of carbonyl (C=O) groups is 2. The third-order valence-corrected chi connectivity index (χ3v) is 4.06. The second-order valence-electron chi connectivity index (χ2n) is 5.48. The van der Waals surface area contributed by atoms with Crippen molar-refractivity contribution in [2.75, 3.05) is 14.2 Å².